The molecule has 0 spiro atoms. The quantitative estimate of drug-likeness (QED) is 0.535. The van der Waals surface area contributed by atoms with E-state index < -0.39 is 0 Å². The van der Waals surface area contributed by atoms with Crippen molar-refractivity contribution in [1.29, 1.82) is 0 Å². The molecule has 1 saturated heterocycles. The Morgan fingerprint density at radius 2 is 2.33 bits per heavy atom. The number of hydrogen-bond acceptors (Lipinski definition) is 3. The second-order valence-electron chi connectivity index (χ2n) is 2.63. The number of hydrogen-bond donors (Lipinski definition) is 2. The van der Waals surface area contributed by atoms with E-state index in [0.29, 0.717) is 6.61 Å². The molecular formula is C6H13NO2. The highest BCUT2D eigenvalue weighted by molar-refractivity contribution is 4.89. The number of rotatable bonds is 3. The summed E-state index contributed by atoms with van der Waals surface area (Å²) in [5, 5.41) is 11.5. The fourth-order valence-electron chi connectivity index (χ4n) is 0.871. The minimum Gasteiger partial charge on any atom is -0.394 e. The van der Waals surface area contributed by atoms with Gasteiger partial charge in [-0.2, -0.15) is 0 Å². The van der Waals surface area contributed by atoms with Crippen LogP contribution in [0.25, 0.3) is 0 Å². The standard InChI is InChI=1S/C6H13NO2/c1-6(4-7-5-6)9-3-2-8/h7-8H,2-5H2,1H3. The van der Waals surface area contributed by atoms with Crippen LogP contribution in [0.4, 0.5) is 0 Å². The summed E-state index contributed by atoms with van der Waals surface area (Å²) in [5.41, 5.74) is 0.00271. The van der Waals surface area contributed by atoms with Crippen molar-refractivity contribution >= 4 is 0 Å². The van der Waals surface area contributed by atoms with Crippen molar-refractivity contribution in [3.63, 3.8) is 0 Å². The Hall–Kier alpha value is -0.120. The van der Waals surface area contributed by atoms with Crippen LogP contribution in [0.3, 0.4) is 0 Å². The third-order valence-corrected chi connectivity index (χ3v) is 1.54. The Labute approximate surface area is 55.0 Å². The van der Waals surface area contributed by atoms with Crippen LogP contribution in [0, 0.1) is 0 Å². The van der Waals surface area contributed by atoms with Crippen molar-refractivity contribution in [1.82, 2.24) is 5.32 Å². The maximum atomic E-state index is 8.40. The molecule has 3 nitrogen and oxygen atoms in total. The minimum atomic E-state index is 0.00271. The lowest BCUT2D eigenvalue weighted by molar-refractivity contribution is -0.0768. The predicted octanol–water partition coefficient (Wildman–Crippen LogP) is -0.643. The lowest BCUT2D eigenvalue weighted by Crippen LogP contribution is -2.59. The second kappa shape index (κ2) is 2.64. The van der Waals surface area contributed by atoms with Gasteiger partial charge in [-0.15, -0.1) is 0 Å². The topological polar surface area (TPSA) is 41.5 Å². The molecule has 1 rings (SSSR count). The van der Waals surface area contributed by atoms with Crippen molar-refractivity contribution in [2.45, 2.75) is 12.5 Å². The molecule has 0 saturated carbocycles. The summed E-state index contributed by atoms with van der Waals surface area (Å²) in [6.45, 7) is 4.44. The maximum absolute atomic E-state index is 8.40. The van der Waals surface area contributed by atoms with Crippen LogP contribution < -0.4 is 5.32 Å². The van der Waals surface area contributed by atoms with Gasteiger partial charge in [0.15, 0.2) is 0 Å². The molecule has 1 aliphatic rings. The van der Waals surface area contributed by atoms with Gasteiger partial charge in [0, 0.05) is 13.1 Å². The van der Waals surface area contributed by atoms with E-state index in [0.717, 1.165) is 13.1 Å². The monoisotopic (exact) mass is 131 g/mol. The average molecular weight is 131 g/mol. The fourth-order valence-corrected chi connectivity index (χ4v) is 0.871. The average Bonchev–Trinajstić information content (AvgIpc) is 1.79. The van der Waals surface area contributed by atoms with E-state index in [1.54, 1.807) is 0 Å². The number of ether oxygens (including phenoxy) is 1. The fraction of sp³-hybridized carbons (Fsp3) is 1.00. The molecule has 0 atom stereocenters. The molecule has 0 aromatic heterocycles. The van der Waals surface area contributed by atoms with E-state index in [1.807, 2.05) is 6.92 Å². The molecule has 0 unspecified atom stereocenters. The first-order valence-corrected chi connectivity index (χ1v) is 3.22. The van der Waals surface area contributed by atoms with Gasteiger partial charge in [-0.25, -0.2) is 0 Å². The summed E-state index contributed by atoms with van der Waals surface area (Å²) >= 11 is 0. The smallest absolute Gasteiger partial charge is 0.0903 e. The number of nitrogens with one attached hydrogen (secondary N) is 1. The minimum absolute atomic E-state index is 0.00271. The maximum Gasteiger partial charge on any atom is 0.0903 e. The summed E-state index contributed by atoms with van der Waals surface area (Å²) < 4.78 is 5.30. The molecule has 0 bridgehead atoms. The van der Waals surface area contributed by atoms with Crippen molar-refractivity contribution in [3.05, 3.63) is 0 Å². The third-order valence-electron chi connectivity index (χ3n) is 1.54. The highest BCUT2D eigenvalue weighted by atomic mass is 16.5. The van der Waals surface area contributed by atoms with Gasteiger partial charge in [-0.3, -0.25) is 0 Å². The summed E-state index contributed by atoms with van der Waals surface area (Å²) in [5.74, 6) is 0. The van der Waals surface area contributed by atoms with E-state index in [2.05, 4.69) is 5.32 Å². The Morgan fingerprint density at radius 1 is 1.67 bits per heavy atom. The van der Waals surface area contributed by atoms with Gasteiger partial charge in [0.25, 0.3) is 0 Å². The predicted molar refractivity (Wildman–Crippen MR) is 34.3 cm³/mol. The lowest BCUT2D eigenvalue weighted by Gasteiger charge is -2.38. The zero-order valence-corrected chi connectivity index (χ0v) is 5.68. The first kappa shape index (κ1) is 6.99. The van der Waals surface area contributed by atoms with Gasteiger partial charge in [0.05, 0.1) is 18.8 Å². The van der Waals surface area contributed by atoms with Gasteiger partial charge >= 0.3 is 0 Å². The van der Waals surface area contributed by atoms with Gasteiger partial charge in [0.2, 0.25) is 0 Å². The van der Waals surface area contributed by atoms with E-state index in [-0.39, 0.29) is 12.2 Å². The lowest BCUT2D eigenvalue weighted by atomic mass is 10.0. The van der Waals surface area contributed by atoms with Crippen LogP contribution in [0.15, 0.2) is 0 Å². The molecule has 9 heavy (non-hydrogen) atoms. The highest BCUT2D eigenvalue weighted by Crippen LogP contribution is 2.13. The van der Waals surface area contributed by atoms with Crippen LogP contribution in [0.5, 0.6) is 0 Å². The Bertz CT molecular complexity index is 91.1. The molecule has 0 aliphatic carbocycles. The first-order chi connectivity index (χ1) is 4.27. The number of aliphatic hydroxyl groups is 1. The molecule has 0 radical (unpaired) electrons. The molecule has 1 fully saturated rings. The molecule has 0 aromatic rings. The summed E-state index contributed by atoms with van der Waals surface area (Å²) in [6.07, 6.45) is 0. The van der Waals surface area contributed by atoms with Gasteiger partial charge in [-0.05, 0) is 6.92 Å². The second-order valence-corrected chi connectivity index (χ2v) is 2.63. The zero-order valence-electron chi connectivity index (χ0n) is 5.68. The van der Waals surface area contributed by atoms with Crippen LogP contribution in [0.2, 0.25) is 0 Å². The largest absolute Gasteiger partial charge is 0.394 e. The van der Waals surface area contributed by atoms with E-state index >= 15 is 0 Å². The molecule has 2 N–H and O–H groups in total. The molecule has 0 amide bonds. The van der Waals surface area contributed by atoms with E-state index in [1.165, 1.54) is 0 Å². The SMILES string of the molecule is CC1(OCCO)CNC1. The summed E-state index contributed by atoms with van der Waals surface area (Å²) in [4.78, 5) is 0. The molecular weight excluding hydrogens is 118 g/mol. The Morgan fingerprint density at radius 3 is 2.67 bits per heavy atom. The van der Waals surface area contributed by atoms with Crippen molar-refractivity contribution < 1.29 is 9.84 Å². The number of aliphatic hydroxyl groups excluding tert-OH is 1. The molecule has 1 heterocycles. The first-order valence-electron chi connectivity index (χ1n) is 3.22. The van der Waals surface area contributed by atoms with Gasteiger partial charge < -0.3 is 15.2 Å². The highest BCUT2D eigenvalue weighted by Gasteiger charge is 2.31. The molecule has 0 aromatic carbocycles. The molecule has 1 aliphatic heterocycles. The third kappa shape index (κ3) is 1.64. The Kier molecular flexibility index (Phi) is 2.05. The van der Waals surface area contributed by atoms with Crippen LogP contribution in [-0.4, -0.2) is 37.0 Å². The van der Waals surface area contributed by atoms with Crippen molar-refractivity contribution in [2.24, 2.45) is 0 Å². The van der Waals surface area contributed by atoms with E-state index in [4.69, 9.17) is 9.84 Å². The summed E-state index contributed by atoms with van der Waals surface area (Å²) in [7, 11) is 0. The van der Waals surface area contributed by atoms with Gasteiger partial charge in [0.1, 0.15) is 0 Å². The normalized spacial score (nSPS) is 23.3. The summed E-state index contributed by atoms with van der Waals surface area (Å²) in [6, 6.07) is 0. The van der Waals surface area contributed by atoms with E-state index in [9.17, 15) is 0 Å². The van der Waals surface area contributed by atoms with Crippen molar-refractivity contribution in [3.8, 4) is 0 Å². The van der Waals surface area contributed by atoms with Crippen LogP contribution in [-0.2, 0) is 4.74 Å². The zero-order chi connectivity index (χ0) is 6.74. The van der Waals surface area contributed by atoms with Crippen LogP contribution >= 0.6 is 0 Å². The van der Waals surface area contributed by atoms with Crippen LogP contribution in [0.1, 0.15) is 6.92 Å². The Balaban J connectivity index is 2.09. The molecule has 54 valence electrons. The van der Waals surface area contributed by atoms with Gasteiger partial charge in [-0.1, -0.05) is 0 Å². The molecule has 3 heteroatoms. The van der Waals surface area contributed by atoms with Crippen molar-refractivity contribution in [2.75, 3.05) is 26.3 Å².